The average Bonchev–Trinajstić information content (AvgIpc) is 2.62. The van der Waals surface area contributed by atoms with Crippen molar-refractivity contribution in [2.75, 3.05) is 6.26 Å². The molecular formula is C17H11BrN4OS. The van der Waals surface area contributed by atoms with Crippen LogP contribution in [0.25, 0.3) is 10.9 Å². The Balaban J connectivity index is 2.04. The van der Waals surface area contributed by atoms with E-state index in [0.29, 0.717) is 15.3 Å². The van der Waals surface area contributed by atoms with Gasteiger partial charge in [0.05, 0.1) is 21.8 Å². The fourth-order valence-corrected chi connectivity index (χ4v) is 2.99. The van der Waals surface area contributed by atoms with E-state index in [-0.39, 0.29) is 5.69 Å². The zero-order valence-electron chi connectivity index (χ0n) is 12.6. The van der Waals surface area contributed by atoms with Crippen molar-refractivity contribution in [2.45, 2.75) is 11.1 Å². The number of carbonyl (C=O) groups excluding carboxylic acids is 1. The monoisotopic (exact) mass is 398 g/mol. The van der Waals surface area contributed by atoms with Gasteiger partial charge in [-0.05, 0) is 34.3 Å². The van der Waals surface area contributed by atoms with E-state index in [1.54, 1.807) is 6.07 Å². The molecule has 0 amide bonds. The molecule has 3 aromatic rings. The van der Waals surface area contributed by atoms with Gasteiger partial charge in [0.15, 0.2) is 11.1 Å². The summed E-state index contributed by atoms with van der Waals surface area (Å²) in [5.41, 5.74) is 1.35. The number of benzene rings is 1. The lowest BCUT2D eigenvalue weighted by Gasteiger charge is -2.10. The van der Waals surface area contributed by atoms with Crippen molar-refractivity contribution in [1.82, 2.24) is 15.0 Å². The first-order valence-corrected chi connectivity index (χ1v) is 9.02. The molecule has 0 saturated carbocycles. The minimum absolute atomic E-state index is 0.191. The summed E-state index contributed by atoms with van der Waals surface area (Å²) >= 11 is 4.62. The van der Waals surface area contributed by atoms with Crippen LogP contribution in [-0.4, -0.2) is 27.0 Å². The Bertz CT molecular complexity index is 970. The third-order valence-corrected chi connectivity index (χ3v) is 4.59. The number of hydrogen-bond donors (Lipinski definition) is 0. The summed E-state index contributed by atoms with van der Waals surface area (Å²) in [6, 6.07) is 13.2. The van der Waals surface area contributed by atoms with Gasteiger partial charge in [-0.2, -0.15) is 5.26 Å². The first-order valence-electron chi connectivity index (χ1n) is 7.00. The van der Waals surface area contributed by atoms with Gasteiger partial charge >= 0.3 is 0 Å². The lowest BCUT2D eigenvalue weighted by atomic mass is 9.98. The number of carbonyl (C=O) groups is 1. The largest absolute Gasteiger partial charge is 0.290 e. The van der Waals surface area contributed by atoms with E-state index in [2.05, 4.69) is 30.9 Å². The molecule has 0 aliphatic carbocycles. The van der Waals surface area contributed by atoms with Crippen LogP contribution in [0.5, 0.6) is 0 Å². The maximum absolute atomic E-state index is 12.8. The molecule has 0 spiro atoms. The highest BCUT2D eigenvalue weighted by atomic mass is 79.9. The number of fused-ring (bicyclic) bond motifs is 1. The molecule has 1 atom stereocenters. The summed E-state index contributed by atoms with van der Waals surface area (Å²) < 4.78 is 0.464. The van der Waals surface area contributed by atoms with E-state index in [0.717, 1.165) is 10.9 Å². The Morgan fingerprint density at radius 2 is 2.04 bits per heavy atom. The van der Waals surface area contributed by atoms with Crippen LogP contribution in [0.2, 0.25) is 0 Å². The van der Waals surface area contributed by atoms with Crippen molar-refractivity contribution in [1.29, 1.82) is 5.26 Å². The van der Waals surface area contributed by atoms with Crippen LogP contribution in [0.4, 0.5) is 0 Å². The van der Waals surface area contributed by atoms with Gasteiger partial charge in [0.2, 0.25) is 5.78 Å². The normalized spacial score (nSPS) is 11.9. The molecule has 7 heteroatoms. The van der Waals surface area contributed by atoms with Gasteiger partial charge in [0.1, 0.15) is 5.69 Å². The Labute approximate surface area is 151 Å². The molecule has 2 heterocycles. The van der Waals surface area contributed by atoms with Crippen molar-refractivity contribution in [3.63, 3.8) is 0 Å². The lowest BCUT2D eigenvalue weighted by molar-refractivity contribution is 0.0971. The summed E-state index contributed by atoms with van der Waals surface area (Å²) in [5, 5.41) is 11.0. The molecule has 24 heavy (non-hydrogen) atoms. The standard InChI is InChI=1S/C17H11BrN4OS/c1-24-17-20-9-12(18)15(22-17)16(23)11(8-19)14-7-6-10-4-2-3-5-13(10)21-14/h2-7,9,11H,1H3. The minimum atomic E-state index is -1.02. The smallest absolute Gasteiger partial charge is 0.205 e. The van der Waals surface area contributed by atoms with Crippen molar-refractivity contribution < 1.29 is 4.79 Å². The first kappa shape index (κ1) is 16.6. The molecule has 2 aromatic heterocycles. The second-order valence-electron chi connectivity index (χ2n) is 4.91. The number of thioether (sulfide) groups is 1. The van der Waals surface area contributed by atoms with Crippen LogP contribution >= 0.6 is 27.7 Å². The number of rotatable bonds is 4. The number of para-hydroxylation sites is 1. The van der Waals surface area contributed by atoms with Crippen molar-refractivity contribution >= 4 is 44.4 Å². The SMILES string of the molecule is CSc1ncc(Br)c(C(=O)C(C#N)c2ccc3ccccc3n2)n1. The molecule has 0 saturated heterocycles. The van der Waals surface area contributed by atoms with E-state index in [1.165, 1.54) is 18.0 Å². The van der Waals surface area contributed by atoms with Gasteiger partial charge < -0.3 is 0 Å². The topological polar surface area (TPSA) is 79.5 Å². The van der Waals surface area contributed by atoms with Crippen LogP contribution in [0, 0.1) is 11.3 Å². The molecule has 5 nitrogen and oxygen atoms in total. The molecule has 0 N–H and O–H groups in total. The van der Waals surface area contributed by atoms with E-state index in [4.69, 9.17) is 0 Å². The summed E-state index contributed by atoms with van der Waals surface area (Å²) in [7, 11) is 0. The van der Waals surface area contributed by atoms with Gasteiger partial charge in [-0.3, -0.25) is 9.78 Å². The maximum Gasteiger partial charge on any atom is 0.205 e. The van der Waals surface area contributed by atoms with E-state index in [9.17, 15) is 10.1 Å². The summed E-state index contributed by atoms with van der Waals surface area (Å²) in [5.74, 6) is -1.42. The van der Waals surface area contributed by atoms with Crippen LogP contribution in [0.3, 0.4) is 0 Å². The van der Waals surface area contributed by atoms with E-state index in [1.807, 2.05) is 42.7 Å². The molecule has 118 valence electrons. The number of aromatic nitrogens is 3. The molecule has 1 aromatic carbocycles. The minimum Gasteiger partial charge on any atom is -0.290 e. The molecule has 3 rings (SSSR count). The summed E-state index contributed by atoms with van der Waals surface area (Å²) in [6.45, 7) is 0. The molecule has 0 bridgehead atoms. The fraction of sp³-hybridized carbons (Fsp3) is 0.118. The Morgan fingerprint density at radius 1 is 1.25 bits per heavy atom. The van der Waals surface area contributed by atoms with E-state index >= 15 is 0 Å². The highest BCUT2D eigenvalue weighted by Crippen LogP contribution is 2.25. The molecule has 1 unspecified atom stereocenters. The quantitative estimate of drug-likeness (QED) is 0.375. The maximum atomic E-state index is 12.8. The second kappa shape index (κ2) is 7.07. The second-order valence-corrected chi connectivity index (χ2v) is 6.54. The Kier molecular flexibility index (Phi) is 4.88. The van der Waals surface area contributed by atoms with Gasteiger partial charge in [-0.15, -0.1) is 0 Å². The van der Waals surface area contributed by atoms with Gasteiger partial charge in [0.25, 0.3) is 0 Å². The number of halogens is 1. The van der Waals surface area contributed by atoms with Gasteiger partial charge in [-0.1, -0.05) is 36.0 Å². The Hall–Kier alpha value is -2.30. The molecule has 0 aliphatic heterocycles. The van der Waals surface area contributed by atoms with Crippen LogP contribution in [-0.2, 0) is 0 Å². The highest BCUT2D eigenvalue weighted by molar-refractivity contribution is 9.10. The van der Waals surface area contributed by atoms with Crippen molar-refractivity contribution in [3.8, 4) is 6.07 Å². The van der Waals surface area contributed by atoms with Crippen LogP contribution in [0.1, 0.15) is 22.1 Å². The number of Topliss-reactive ketones (excluding diaryl/α,β-unsaturated/α-hetero) is 1. The molecule has 0 fully saturated rings. The predicted octanol–water partition coefficient (Wildman–Crippen LogP) is 4.00. The highest BCUT2D eigenvalue weighted by Gasteiger charge is 2.27. The van der Waals surface area contributed by atoms with Gasteiger partial charge in [0, 0.05) is 11.6 Å². The average molecular weight is 399 g/mol. The fourth-order valence-electron chi connectivity index (χ4n) is 2.26. The van der Waals surface area contributed by atoms with Crippen molar-refractivity contribution in [2.24, 2.45) is 0 Å². The number of nitriles is 1. The Morgan fingerprint density at radius 3 is 2.79 bits per heavy atom. The number of ketones is 1. The molecular weight excluding hydrogens is 388 g/mol. The van der Waals surface area contributed by atoms with E-state index < -0.39 is 11.7 Å². The zero-order chi connectivity index (χ0) is 17.1. The third-order valence-electron chi connectivity index (χ3n) is 3.44. The number of nitrogens with zero attached hydrogens (tertiary/aromatic N) is 4. The number of hydrogen-bond acceptors (Lipinski definition) is 6. The lowest BCUT2D eigenvalue weighted by Crippen LogP contribution is -2.15. The zero-order valence-corrected chi connectivity index (χ0v) is 15.0. The van der Waals surface area contributed by atoms with Crippen LogP contribution < -0.4 is 0 Å². The third kappa shape index (κ3) is 3.16. The van der Waals surface area contributed by atoms with Crippen LogP contribution in [0.15, 0.2) is 52.2 Å². The van der Waals surface area contributed by atoms with Gasteiger partial charge in [-0.25, -0.2) is 9.97 Å². The predicted molar refractivity (Wildman–Crippen MR) is 95.9 cm³/mol. The van der Waals surface area contributed by atoms with Crippen molar-refractivity contribution in [3.05, 3.63) is 58.5 Å². The molecule has 0 radical (unpaired) electrons. The first-order chi connectivity index (χ1) is 11.6. The molecule has 0 aliphatic rings. The summed E-state index contributed by atoms with van der Waals surface area (Å²) in [6.07, 6.45) is 3.35. The summed E-state index contributed by atoms with van der Waals surface area (Å²) in [4.78, 5) is 25.6. The number of pyridine rings is 1.